The van der Waals surface area contributed by atoms with Crippen molar-refractivity contribution in [1.29, 1.82) is 0 Å². The van der Waals surface area contributed by atoms with Crippen LogP contribution < -0.4 is 16.2 Å². The number of carbonyl (C=O) groups is 1. The highest BCUT2D eigenvalue weighted by Gasteiger charge is 2.38. The van der Waals surface area contributed by atoms with Gasteiger partial charge < -0.3 is 15.3 Å². The molecule has 0 aliphatic heterocycles. The molecule has 0 unspecified atom stereocenters. The quantitative estimate of drug-likeness (QED) is 0.289. The van der Waals surface area contributed by atoms with Gasteiger partial charge in [-0.25, -0.2) is 23.0 Å². The Balaban J connectivity index is 0.000000532. The molecule has 2 aromatic heterocycles. The summed E-state index contributed by atoms with van der Waals surface area (Å²) in [5.74, 6) is 2.40. The molecular formula is C22H17ClF3N5O6S2. The van der Waals surface area contributed by atoms with Crippen LogP contribution >= 0.6 is 23.1 Å². The number of halogens is 4. The molecule has 0 bridgehead atoms. The number of hydrogen-bond acceptors (Lipinski definition) is 9. The van der Waals surface area contributed by atoms with Crippen molar-refractivity contribution in [3.05, 3.63) is 69.4 Å². The molecule has 4 aromatic rings. The van der Waals surface area contributed by atoms with Gasteiger partial charge in [0, 0.05) is 23.2 Å². The molecule has 1 atom stereocenters. The Hall–Kier alpha value is -3.91. The number of nitrogens with one attached hydrogen (secondary N) is 1. The third kappa shape index (κ3) is 6.95. The number of oxazole rings is 1. The van der Waals surface area contributed by atoms with Gasteiger partial charge in [0.15, 0.2) is 5.58 Å². The van der Waals surface area contributed by atoms with Crippen LogP contribution in [0.3, 0.4) is 0 Å². The van der Waals surface area contributed by atoms with Gasteiger partial charge in [-0.2, -0.15) is 17.5 Å². The van der Waals surface area contributed by atoms with Gasteiger partial charge in [-0.1, -0.05) is 41.6 Å². The van der Waals surface area contributed by atoms with E-state index in [1.807, 2.05) is 31.2 Å². The van der Waals surface area contributed by atoms with E-state index in [1.54, 1.807) is 0 Å². The van der Waals surface area contributed by atoms with Crippen LogP contribution in [0.5, 0.6) is 0 Å². The number of nitrogens with two attached hydrogens (primary N) is 1. The molecule has 2 aromatic carbocycles. The number of fused-ring (bicyclic) bond motifs is 1. The molecule has 0 aliphatic carbocycles. The minimum absolute atomic E-state index is 0.0764. The number of aliphatic carboxylic acids is 1. The number of sulfonamides is 1. The largest absolute Gasteiger partial charge is 0.490 e. The highest BCUT2D eigenvalue weighted by Crippen LogP contribution is 2.31. The van der Waals surface area contributed by atoms with Crippen LogP contribution in [-0.2, 0) is 14.8 Å². The molecule has 0 saturated carbocycles. The number of carboxylic acid groups (broad SMARTS) is 1. The molecule has 17 heteroatoms. The highest BCUT2D eigenvalue weighted by atomic mass is 35.5. The minimum atomic E-state index is -5.08. The fourth-order valence-corrected chi connectivity index (χ4v) is 5.46. The predicted molar refractivity (Wildman–Crippen MR) is 136 cm³/mol. The van der Waals surface area contributed by atoms with Gasteiger partial charge in [0.05, 0.1) is 23.1 Å². The zero-order valence-electron chi connectivity index (χ0n) is 19.6. The molecule has 0 saturated heterocycles. The van der Waals surface area contributed by atoms with E-state index in [0.717, 1.165) is 22.7 Å². The van der Waals surface area contributed by atoms with Gasteiger partial charge in [-0.05, 0) is 24.6 Å². The van der Waals surface area contributed by atoms with Crippen LogP contribution in [-0.4, -0.2) is 46.1 Å². The number of hydrogen-bond donors (Lipinski definition) is 3. The molecule has 0 radical (unpaired) electrons. The zero-order chi connectivity index (χ0) is 29.0. The molecule has 4 rings (SSSR count). The van der Waals surface area contributed by atoms with Gasteiger partial charge in [0.25, 0.3) is 10.0 Å². The van der Waals surface area contributed by atoms with Crippen LogP contribution in [0.25, 0.3) is 11.1 Å². The second-order valence-corrected chi connectivity index (χ2v) is 10.3. The molecule has 0 aliphatic rings. The molecule has 2 heterocycles. The van der Waals surface area contributed by atoms with E-state index in [1.165, 1.54) is 23.0 Å². The summed E-state index contributed by atoms with van der Waals surface area (Å²) in [7, 11) is -4.07. The first-order valence-corrected chi connectivity index (χ1v) is 13.1. The summed E-state index contributed by atoms with van der Waals surface area (Å²) in [6, 6.07) is 9.49. The highest BCUT2D eigenvalue weighted by molar-refractivity contribution is 7.93. The summed E-state index contributed by atoms with van der Waals surface area (Å²) < 4.78 is 70.0. The molecule has 39 heavy (non-hydrogen) atoms. The Labute approximate surface area is 227 Å². The first kappa shape index (κ1) is 29.6. The molecule has 0 fully saturated rings. The average Bonchev–Trinajstić information content (AvgIpc) is 3.47. The van der Waals surface area contributed by atoms with Crippen LogP contribution in [0.15, 0.2) is 56.8 Å². The summed E-state index contributed by atoms with van der Waals surface area (Å²) in [6.45, 7) is 2.02. The van der Waals surface area contributed by atoms with E-state index >= 15 is 0 Å². The summed E-state index contributed by atoms with van der Waals surface area (Å²) in [4.78, 5) is 25.2. The van der Waals surface area contributed by atoms with Gasteiger partial charge in [-0.15, -0.1) is 0 Å². The first-order chi connectivity index (χ1) is 18.3. The van der Waals surface area contributed by atoms with Gasteiger partial charge in [0.2, 0.25) is 5.13 Å². The maximum atomic E-state index is 12.7. The standard InChI is InChI=1S/C20H16ClN5O4S2.C2HF3O2/c1-12(14-7-3-2-5-13(14)6-4-8-22)26-16-9-15(21)18(10-17(16)30-20(26)27)32(28,29)25-19-23-11-24-31-19;3-2(4,5)1(6)7/h2-3,5,7,9-12H,8,22H2,1H3,(H,23,24,25);(H,6,7)/t12-;/m1./s1. The number of anilines is 1. The van der Waals surface area contributed by atoms with Crippen molar-refractivity contribution >= 4 is 55.4 Å². The zero-order valence-corrected chi connectivity index (χ0v) is 22.0. The van der Waals surface area contributed by atoms with Crippen molar-refractivity contribution in [2.24, 2.45) is 5.73 Å². The van der Waals surface area contributed by atoms with Crippen molar-refractivity contribution in [2.75, 3.05) is 11.3 Å². The summed E-state index contributed by atoms with van der Waals surface area (Å²) >= 11 is 7.19. The molecule has 0 amide bonds. The Bertz CT molecular complexity index is 1720. The Morgan fingerprint density at radius 3 is 2.59 bits per heavy atom. The smallest absolute Gasteiger partial charge is 0.475 e. The predicted octanol–water partition coefficient (Wildman–Crippen LogP) is 3.45. The van der Waals surface area contributed by atoms with E-state index in [2.05, 4.69) is 25.9 Å². The van der Waals surface area contributed by atoms with Crippen LogP contribution in [0.4, 0.5) is 18.3 Å². The topological polar surface area (TPSA) is 170 Å². The van der Waals surface area contributed by atoms with Gasteiger partial charge in [-0.3, -0.25) is 9.29 Å². The van der Waals surface area contributed by atoms with Crippen molar-refractivity contribution in [1.82, 2.24) is 13.9 Å². The lowest BCUT2D eigenvalue weighted by molar-refractivity contribution is -0.192. The van der Waals surface area contributed by atoms with E-state index in [-0.39, 0.29) is 27.2 Å². The molecular weight excluding hydrogens is 587 g/mol. The summed E-state index contributed by atoms with van der Waals surface area (Å²) in [6.07, 6.45) is -3.86. The third-order valence-corrected chi connectivity index (χ3v) is 7.42. The molecule has 0 spiro atoms. The van der Waals surface area contributed by atoms with Gasteiger partial charge >= 0.3 is 17.9 Å². The van der Waals surface area contributed by atoms with Crippen molar-refractivity contribution in [3.8, 4) is 11.8 Å². The Morgan fingerprint density at radius 1 is 1.33 bits per heavy atom. The molecule has 206 valence electrons. The third-order valence-electron chi connectivity index (χ3n) is 4.91. The average molecular weight is 604 g/mol. The summed E-state index contributed by atoms with van der Waals surface area (Å²) in [5, 5.41) is 7.14. The van der Waals surface area contributed by atoms with E-state index in [9.17, 15) is 26.4 Å². The maximum Gasteiger partial charge on any atom is 0.490 e. The number of rotatable bonds is 5. The summed E-state index contributed by atoms with van der Waals surface area (Å²) in [5.41, 5.74) is 7.42. The van der Waals surface area contributed by atoms with E-state index in [0.29, 0.717) is 5.52 Å². The fourth-order valence-electron chi connectivity index (χ4n) is 3.26. The lowest BCUT2D eigenvalue weighted by atomic mass is 10.0. The van der Waals surface area contributed by atoms with E-state index < -0.39 is 34.0 Å². The monoisotopic (exact) mass is 603 g/mol. The Kier molecular flexibility index (Phi) is 9.02. The SMILES string of the molecule is C[C@H](c1ccccc1C#CCN)n1c(=O)oc2cc(S(=O)(=O)Nc3ncns3)c(Cl)cc21.O=C(O)C(F)(F)F. The number of alkyl halides is 3. The van der Waals surface area contributed by atoms with Crippen molar-refractivity contribution < 1.29 is 35.9 Å². The number of aromatic nitrogens is 3. The minimum Gasteiger partial charge on any atom is -0.475 e. The van der Waals surface area contributed by atoms with Crippen LogP contribution in [0, 0.1) is 11.8 Å². The first-order valence-electron chi connectivity index (χ1n) is 10.5. The van der Waals surface area contributed by atoms with Crippen LogP contribution in [0.2, 0.25) is 5.02 Å². The fraction of sp³-hybridized carbons (Fsp3) is 0.182. The van der Waals surface area contributed by atoms with Gasteiger partial charge in [0.1, 0.15) is 11.2 Å². The van der Waals surface area contributed by atoms with Crippen molar-refractivity contribution in [2.45, 2.75) is 24.0 Å². The molecule has 11 nitrogen and oxygen atoms in total. The lowest BCUT2D eigenvalue weighted by Gasteiger charge is -2.15. The lowest BCUT2D eigenvalue weighted by Crippen LogP contribution is -2.21. The maximum absolute atomic E-state index is 12.7. The number of nitrogens with zero attached hydrogens (tertiary/aromatic N) is 3. The van der Waals surface area contributed by atoms with Crippen LogP contribution in [0.1, 0.15) is 24.1 Å². The van der Waals surface area contributed by atoms with Crippen molar-refractivity contribution in [3.63, 3.8) is 0 Å². The molecule has 4 N–H and O–H groups in total. The second-order valence-electron chi connectivity index (χ2n) is 7.41. The normalized spacial score (nSPS) is 12.2. The Morgan fingerprint density at radius 2 is 2.00 bits per heavy atom. The number of carboxylic acids is 1. The van der Waals surface area contributed by atoms with E-state index in [4.69, 9.17) is 31.7 Å². The second kappa shape index (κ2) is 11.9. The number of benzene rings is 2.